The summed E-state index contributed by atoms with van der Waals surface area (Å²) in [6, 6.07) is 0. The van der Waals surface area contributed by atoms with E-state index in [1.807, 2.05) is 0 Å². The van der Waals surface area contributed by atoms with Gasteiger partial charge in [0.2, 0.25) is 0 Å². The Kier molecular flexibility index (Phi) is 7.82. The predicted octanol–water partition coefficient (Wildman–Crippen LogP) is 6.80. The van der Waals surface area contributed by atoms with Gasteiger partial charge >= 0.3 is 6.18 Å². The van der Waals surface area contributed by atoms with Crippen molar-refractivity contribution in [3.63, 3.8) is 0 Å². The lowest BCUT2D eigenvalue weighted by atomic mass is 9.68. The molecule has 6 heteroatoms. The van der Waals surface area contributed by atoms with Crippen LogP contribution < -0.4 is 0 Å². The molecule has 0 spiro atoms. The zero-order valence-corrected chi connectivity index (χ0v) is 16.9. The van der Waals surface area contributed by atoms with Crippen LogP contribution in [0.25, 0.3) is 0 Å². The van der Waals surface area contributed by atoms with E-state index in [-0.39, 0.29) is 12.4 Å². The van der Waals surface area contributed by atoms with Crippen molar-refractivity contribution in [3.05, 3.63) is 11.9 Å². The van der Waals surface area contributed by atoms with Crippen molar-refractivity contribution in [3.8, 4) is 0 Å². The van der Waals surface area contributed by atoms with E-state index in [0.717, 1.165) is 44.8 Å². The van der Waals surface area contributed by atoms with Gasteiger partial charge in [0.1, 0.15) is 5.83 Å². The standard InChI is InChI=1S/C22H34F4O2/c1-15-13-27-21(28-14-15)11-4-16-2-5-17(6-3-16)18-7-9-19(10-8-18)20(23)12-22(24,25)26/h12,15-19,21H,2-11,13-14H2,1H3/b20-12-. The van der Waals surface area contributed by atoms with Crippen molar-refractivity contribution in [2.24, 2.45) is 29.6 Å². The molecule has 0 bridgehead atoms. The van der Waals surface area contributed by atoms with E-state index in [0.29, 0.717) is 30.6 Å². The fraction of sp³-hybridized carbons (Fsp3) is 0.909. The quantitative estimate of drug-likeness (QED) is 0.467. The maximum atomic E-state index is 13.8. The summed E-state index contributed by atoms with van der Waals surface area (Å²) in [6.45, 7) is 3.71. The van der Waals surface area contributed by atoms with Gasteiger partial charge in [0.05, 0.1) is 19.3 Å². The molecule has 3 fully saturated rings. The monoisotopic (exact) mass is 406 g/mol. The molecule has 0 aromatic rings. The summed E-state index contributed by atoms with van der Waals surface area (Å²) < 4.78 is 62.2. The summed E-state index contributed by atoms with van der Waals surface area (Å²) in [6.07, 6.45) is 5.04. The third-order valence-corrected chi connectivity index (χ3v) is 6.97. The minimum atomic E-state index is -4.55. The second-order valence-corrected chi connectivity index (χ2v) is 9.24. The second kappa shape index (κ2) is 9.92. The Balaban J connectivity index is 1.34. The molecule has 162 valence electrons. The van der Waals surface area contributed by atoms with Crippen LogP contribution in [-0.4, -0.2) is 25.7 Å². The minimum Gasteiger partial charge on any atom is -0.352 e. The molecule has 0 radical (unpaired) electrons. The summed E-state index contributed by atoms with van der Waals surface area (Å²) in [5.74, 6) is 0.923. The number of ether oxygens (including phenoxy) is 2. The largest absolute Gasteiger partial charge is 0.412 e. The topological polar surface area (TPSA) is 18.5 Å². The van der Waals surface area contributed by atoms with Crippen LogP contribution in [0.3, 0.4) is 0 Å². The van der Waals surface area contributed by atoms with Crippen LogP contribution in [0, 0.1) is 29.6 Å². The maximum Gasteiger partial charge on any atom is 0.412 e. The van der Waals surface area contributed by atoms with E-state index in [1.54, 1.807) is 0 Å². The predicted molar refractivity (Wildman–Crippen MR) is 100 cm³/mol. The van der Waals surface area contributed by atoms with Crippen LogP contribution >= 0.6 is 0 Å². The van der Waals surface area contributed by atoms with Crippen LogP contribution in [0.5, 0.6) is 0 Å². The Morgan fingerprint density at radius 1 is 0.857 bits per heavy atom. The Morgan fingerprint density at radius 3 is 1.93 bits per heavy atom. The van der Waals surface area contributed by atoms with Gasteiger partial charge in [-0.3, -0.25) is 0 Å². The minimum absolute atomic E-state index is 0.0381. The Labute approximate surface area is 166 Å². The Bertz CT molecular complexity index is 495. The Hall–Kier alpha value is -0.620. The van der Waals surface area contributed by atoms with E-state index < -0.39 is 17.9 Å². The van der Waals surface area contributed by atoms with E-state index in [9.17, 15) is 17.6 Å². The number of alkyl halides is 3. The summed E-state index contributed by atoms with van der Waals surface area (Å²) in [7, 11) is 0. The summed E-state index contributed by atoms with van der Waals surface area (Å²) in [5.41, 5.74) is 0. The highest BCUT2D eigenvalue weighted by atomic mass is 19.4. The zero-order valence-electron chi connectivity index (χ0n) is 16.9. The van der Waals surface area contributed by atoms with Gasteiger partial charge < -0.3 is 9.47 Å². The summed E-state index contributed by atoms with van der Waals surface area (Å²) in [5, 5.41) is 0. The van der Waals surface area contributed by atoms with Crippen LogP contribution in [0.1, 0.15) is 71.1 Å². The first kappa shape index (κ1) is 22.1. The molecule has 0 atom stereocenters. The molecule has 2 saturated carbocycles. The van der Waals surface area contributed by atoms with Crippen LogP contribution in [0.4, 0.5) is 17.6 Å². The lowest BCUT2D eigenvalue weighted by Gasteiger charge is -2.38. The van der Waals surface area contributed by atoms with Crippen molar-refractivity contribution in [2.45, 2.75) is 83.6 Å². The third-order valence-electron chi connectivity index (χ3n) is 6.97. The highest BCUT2D eigenvalue weighted by Gasteiger charge is 2.34. The molecule has 0 amide bonds. The zero-order chi connectivity index (χ0) is 20.1. The molecule has 0 aromatic heterocycles. The van der Waals surface area contributed by atoms with E-state index in [1.165, 1.54) is 25.7 Å². The molecular formula is C22H34F4O2. The lowest BCUT2D eigenvalue weighted by molar-refractivity contribution is -0.201. The molecule has 0 unspecified atom stereocenters. The van der Waals surface area contributed by atoms with Gasteiger partial charge in [-0.2, -0.15) is 13.2 Å². The molecule has 0 aromatic carbocycles. The average Bonchev–Trinajstić information content (AvgIpc) is 2.67. The van der Waals surface area contributed by atoms with Crippen LogP contribution in [-0.2, 0) is 9.47 Å². The lowest BCUT2D eigenvalue weighted by Crippen LogP contribution is -2.31. The van der Waals surface area contributed by atoms with E-state index >= 15 is 0 Å². The van der Waals surface area contributed by atoms with Gasteiger partial charge in [-0.25, -0.2) is 4.39 Å². The van der Waals surface area contributed by atoms with Gasteiger partial charge in [0, 0.05) is 11.8 Å². The Morgan fingerprint density at radius 2 is 1.39 bits per heavy atom. The maximum absolute atomic E-state index is 13.8. The highest BCUT2D eigenvalue weighted by Crippen LogP contribution is 2.44. The third kappa shape index (κ3) is 6.72. The average molecular weight is 407 g/mol. The molecule has 1 heterocycles. The van der Waals surface area contributed by atoms with Crippen molar-refractivity contribution < 1.29 is 27.0 Å². The number of rotatable bonds is 5. The second-order valence-electron chi connectivity index (χ2n) is 9.24. The van der Waals surface area contributed by atoms with Gasteiger partial charge in [-0.1, -0.05) is 19.8 Å². The molecule has 2 aliphatic carbocycles. The van der Waals surface area contributed by atoms with Crippen molar-refractivity contribution in [1.82, 2.24) is 0 Å². The van der Waals surface area contributed by atoms with Gasteiger partial charge in [-0.15, -0.1) is 0 Å². The fourth-order valence-corrected chi connectivity index (χ4v) is 5.27. The first-order valence-corrected chi connectivity index (χ1v) is 11.0. The molecule has 1 aliphatic heterocycles. The molecule has 2 nitrogen and oxygen atoms in total. The van der Waals surface area contributed by atoms with Gasteiger partial charge in [-0.05, 0) is 69.1 Å². The summed E-state index contributed by atoms with van der Waals surface area (Å²) in [4.78, 5) is 0. The highest BCUT2D eigenvalue weighted by molar-refractivity contribution is 5.03. The number of allylic oxidation sites excluding steroid dienone is 2. The number of hydrogen-bond donors (Lipinski definition) is 0. The van der Waals surface area contributed by atoms with Crippen molar-refractivity contribution in [2.75, 3.05) is 13.2 Å². The molecule has 3 aliphatic rings. The van der Waals surface area contributed by atoms with Crippen molar-refractivity contribution in [1.29, 1.82) is 0 Å². The number of hydrogen-bond acceptors (Lipinski definition) is 2. The van der Waals surface area contributed by atoms with E-state index in [2.05, 4.69) is 6.92 Å². The SMILES string of the molecule is CC1COC(CCC2CCC(C3CCC(/C(F)=C/C(F)(F)F)CC3)CC2)OC1. The molecule has 1 saturated heterocycles. The summed E-state index contributed by atoms with van der Waals surface area (Å²) >= 11 is 0. The van der Waals surface area contributed by atoms with Gasteiger partial charge in [0.15, 0.2) is 6.29 Å². The normalized spacial score (nSPS) is 38.4. The molecular weight excluding hydrogens is 372 g/mol. The molecule has 0 N–H and O–H groups in total. The van der Waals surface area contributed by atoms with Crippen LogP contribution in [0.2, 0.25) is 0 Å². The molecule has 3 rings (SSSR count). The van der Waals surface area contributed by atoms with E-state index in [4.69, 9.17) is 9.47 Å². The first-order chi connectivity index (χ1) is 13.3. The van der Waals surface area contributed by atoms with Crippen molar-refractivity contribution >= 4 is 0 Å². The van der Waals surface area contributed by atoms with Crippen LogP contribution in [0.15, 0.2) is 11.9 Å². The fourth-order valence-electron chi connectivity index (χ4n) is 5.27. The first-order valence-electron chi connectivity index (χ1n) is 11.0. The van der Waals surface area contributed by atoms with Gasteiger partial charge in [0.25, 0.3) is 0 Å². The number of halogens is 4. The molecule has 28 heavy (non-hydrogen) atoms. The smallest absolute Gasteiger partial charge is 0.352 e.